The zero-order chi connectivity index (χ0) is 8.43. The molecule has 1 aromatic heterocycles. The molecule has 1 heterocycles. The fourth-order valence-corrected chi connectivity index (χ4v) is 1.26. The fourth-order valence-electron chi connectivity index (χ4n) is 0.737. The summed E-state index contributed by atoms with van der Waals surface area (Å²) in [4.78, 5) is 17.8. The second-order valence-electron chi connectivity index (χ2n) is 2.06. The van der Waals surface area contributed by atoms with Gasteiger partial charge in [-0.15, -0.1) is 0 Å². The molecule has 2 N–H and O–H groups in total. The highest BCUT2D eigenvalue weighted by molar-refractivity contribution is 14.1. The van der Waals surface area contributed by atoms with E-state index in [1.807, 2.05) is 22.6 Å². The van der Waals surface area contributed by atoms with Crippen LogP contribution in [0.3, 0.4) is 0 Å². The third-order valence-electron chi connectivity index (χ3n) is 1.22. The average Bonchev–Trinajstić information content (AvgIpc) is 1.96. The van der Waals surface area contributed by atoms with E-state index in [0.29, 0.717) is 15.2 Å². The van der Waals surface area contributed by atoms with Crippen molar-refractivity contribution in [1.29, 1.82) is 0 Å². The van der Waals surface area contributed by atoms with Crippen molar-refractivity contribution < 1.29 is 0 Å². The van der Waals surface area contributed by atoms with E-state index in [1.165, 1.54) is 0 Å². The number of anilines is 1. The summed E-state index contributed by atoms with van der Waals surface area (Å²) >= 11 is 1.95. The molecule has 0 aliphatic carbocycles. The van der Waals surface area contributed by atoms with Crippen LogP contribution in [0.25, 0.3) is 0 Å². The van der Waals surface area contributed by atoms with E-state index in [0.717, 1.165) is 0 Å². The van der Waals surface area contributed by atoms with Gasteiger partial charge in [0.1, 0.15) is 15.2 Å². The van der Waals surface area contributed by atoms with E-state index < -0.39 is 0 Å². The maximum atomic E-state index is 11.1. The zero-order valence-electron chi connectivity index (χ0n) is 6.23. The van der Waals surface area contributed by atoms with Gasteiger partial charge in [0.25, 0.3) is 5.56 Å². The van der Waals surface area contributed by atoms with Gasteiger partial charge in [0.2, 0.25) is 0 Å². The minimum Gasteiger partial charge on any atom is -0.372 e. The predicted octanol–water partition coefficient (Wildman–Crippen LogP) is 0.725. The lowest BCUT2D eigenvalue weighted by Gasteiger charge is -2.01. The molecule has 0 aliphatic rings. The Kier molecular flexibility index (Phi) is 2.48. The molecule has 0 aromatic carbocycles. The zero-order valence-corrected chi connectivity index (χ0v) is 8.39. The van der Waals surface area contributed by atoms with Gasteiger partial charge in [-0.25, -0.2) is 4.98 Å². The molecule has 0 amide bonds. The van der Waals surface area contributed by atoms with Crippen LogP contribution in [0.4, 0.5) is 5.82 Å². The molecule has 60 valence electrons. The van der Waals surface area contributed by atoms with Gasteiger partial charge in [-0.3, -0.25) is 4.79 Å². The lowest BCUT2D eigenvalue weighted by atomic mass is 10.5. The highest BCUT2D eigenvalue weighted by atomic mass is 127. The van der Waals surface area contributed by atoms with Crippen molar-refractivity contribution in [3.05, 3.63) is 19.7 Å². The van der Waals surface area contributed by atoms with Crippen molar-refractivity contribution in [3.63, 3.8) is 0 Å². The Labute approximate surface area is 77.6 Å². The summed E-state index contributed by atoms with van der Waals surface area (Å²) < 4.78 is 0.593. The van der Waals surface area contributed by atoms with E-state index in [-0.39, 0.29) is 5.56 Å². The standard InChI is InChI=1S/C6H8IN3O/c1-3-9-5(8-2)4(7)6(11)10-3/h1-2H3,(H2,8,9,10,11). The van der Waals surface area contributed by atoms with Crippen molar-refractivity contribution in [2.75, 3.05) is 12.4 Å². The molecule has 11 heavy (non-hydrogen) atoms. The molecule has 0 spiro atoms. The summed E-state index contributed by atoms with van der Waals surface area (Å²) in [5, 5.41) is 2.84. The molecule has 0 fully saturated rings. The minimum absolute atomic E-state index is 0.0950. The Balaban J connectivity index is 3.36. The number of aromatic amines is 1. The first-order valence-electron chi connectivity index (χ1n) is 3.09. The van der Waals surface area contributed by atoms with Crippen molar-refractivity contribution >= 4 is 28.4 Å². The number of H-pyrrole nitrogens is 1. The Morgan fingerprint density at radius 1 is 1.64 bits per heavy atom. The predicted molar refractivity (Wildman–Crippen MR) is 51.9 cm³/mol. The smallest absolute Gasteiger partial charge is 0.266 e. The monoisotopic (exact) mass is 265 g/mol. The van der Waals surface area contributed by atoms with Gasteiger partial charge in [-0.1, -0.05) is 0 Å². The van der Waals surface area contributed by atoms with Crippen molar-refractivity contribution in [2.24, 2.45) is 0 Å². The lowest BCUT2D eigenvalue weighted by molar-refractivity contribution is 1.01. The second kappa shape index (κ2) is 3.21. The summed E-state index contributed by atoms with van der Waals surface area (Å²) in [5.41, 5.74) is -0.0950. The van der Waals surface area contributed by atoms with Gasteiger partial charge >= 0.3 is 0 Å². The lowest BCUT2D eigenvalue weighted by Crippen LogP contribution is -2.15. The Morgan fingerprint density at radius 3 is 2.82 bits per heavy atom. The van der Waals surface area contributed by atoms with Crippen LogP contribution < -0.4 is 10.9 Å². The Morgan fingerprint density at radius 2 is 2.27 bits per heavy atom. The van der Waals surface area contributed by atoms with Crippen molar-refractivity contribution in [3.8, 4) is 0 Å². The molecule has 0 atom stereocenters. The summed E-state index contributed by atoms with van der Waals surface area (Å²) in [6.07, 6.45) is 0. The van der Waals surface area contributed by atoms with E-state index >= 15 is 0 Å². The fraction of sp³-hybridized carbons (Fsp3) is 0.333. The first-order chi connectivity index (χ1) is 5.15. The van der Waals surface area contributed by atoms with Crippen molar-refractivity contribution in [2.45, 2.75) is 6.92 Å². The average molecular weight is 265 g/mol. The molecule has 0 unspecified atom stereocenters. The third kappa shape index (κ3) is 1.70. The van der Waals surface area contributed by atoms with Crippen molar-refractivity contribution in [1.82, 2.24) is 9.97 Å². The van der Waals surface area contributed by atoms with E-state index in [1.54, 1.807) is 14.0 Å². The van der Waals surface area contributed by atoms with Gasteiger partial charge < -0.3 is 10.3 Å². The van der Waals surface area contributed by atoms with Crippen LogP contribution in [0.1, 0.15) is 5.82 Å². The highest BCUT2D eigenvalue weighted by Gasteiger charge is 2.03. The topological polar surface area (TPSA) is 57.8 Å². The molecule has 0 saturated heterocycles. The SMILES string of the molecule is CNc1nc(C)[nH]c(=O)c1I. The van der Waals surface area contributed by atoms with Crippen LogP contribution in [0.2, 0.25) is 0 Å². The first-order valence-corrected chi connectivity index (χ1v) is 4.17. The number of halogens is 1. The molecule has 5 heteroatoms. The third-order valence-corrected chi connectivity index (χ3v) is 2.22. The van der Waals surface area contributed by atoms with Gasteiger partial charge in [0.05, 0.1) is 0 Å². The highest BCUT2D eigenvalue weighted by Crippen LogP contribution is 2.08. The van der Waals surface area contributed by atoms with Crippen LogP contribution in [0.5, 0.6) is 0 Å². The van der Waals surface area contributed by atoms with Crippen LogP contribution in [-0.2, 0) is 0 Å². The Bertz CT molecular complexity index is 320. The van der Waals surface area contributed by atoms with Gasteiger partial charge in [0.15, 0.2) is 0 Å². The number of aryl methyl sites for hydroxylation is 1. The number of nitrogens with zero attached hydrogens (tertiary/aromatic N) is 1. The van der Waals surface area contributed by atoms with E-state index in [9.17, 15) is 4.79 Å². The van der Waals surface area contributed by atoms with Crippen LogP contribution in [0, 0.1) is 10.5 Å². The van der Waals surface area contributed by atoms with Gasteiger partial charge in [0, 0.05) is 7.05 Å². The minimum atomic E-state index is -0.0950. The maximum absolute atomic E-state index is 11.1. The molecule has 0 bridgehead atoms. The quantitative estimate of drug-likeness (QED) is 0.736. The number of rotatable bonds is 1. The van der Waals surface area contributed by atoms with Crippen LogP contribution >= 0.6 is 22.6 Å². The van der Waals surface area contributed by atoms with E-state index in [2.05, 4.69) is 15.3 Å². The van der Waals surface area contributed by atoms with Crippen LogP contribution in [-0.4, -0.2) is 17.0 Å². The summed E-state index contributed by atoms with van der Waals surface area (Å²) in [5.74, 6) is 1.26. The van der Waals surface area contributed by atoms with Crippen LogP contribution in [0.15, 0.2) is 4.79 Å². The largest absolute Gasteiger partial charge is 0.372 e. The Hall–Kier alpha value is -0.590. The first kappa shape index (κ1) is 8.51. The molecular weight excluding hydrogens is 257 g/mol. The number of hydrogen-bond acceptors (Lipinski definition) is 3. The normalized spacial score (nSPS) is 9.73. The molecule has 0 aliphatic heterocycles. The molecule has 4 nitrogen and oxygen atoms in total. The van der Waals surface area contributed by atoms with Gasteiger partial charge in [-0.2, -0.15) is 0 Å². The molecule has 0 saturated carbocycles. The number of nitrogens with one attached hydrogen (secondary N) is 2. The van der Waals surface area contributed by atoms with Gasteiger partial charge in [-0.05, 0) is 29.5 Å². The number of aromatic nitrogens is 2. The molecule has 1 aromatic rings. The summed E-state index contributed by atoms with van der Waals surface area (Å²) in [6, 6.07) is 0. The molecule has 1 rings (SSSR count). The molecular formula is C6H8IN3O. The molecule has 0 radical (unpaired) electrons. The number of hydrogen-bond donors (Lipinski definition) is 2. The maximum Gasteiger partial charge on any atom is 0.266 e. The van der Waals surface area contributed by atoms with E-state index in [4.69, 9.17) is 0 Å². The second-order valence-corrected chi connectivity index (χ2v) is 3.14. The summed E-state index contributed by atoms with van der Waals surface area (Å²) in [7, 11) is 1.74. The summed E-state index contributed by atoms with van der Waals surface area (Å²) in [6.45, 7) is 1.75.